The molecule has 0 aromatic heterocycles. The molecular formula is C88H60N2. The van der Waals surface area contributed by atoms with Crippen LogP contribution in [0.25, 0.3) is 67.8 Å². The topological polar surface area (TPSA) is 6.48 Å². The largest absolute Gasteiger partial charge is 0.310 e. The standard InChI is InChI=1S/C88H60N2/c1-5-24-63(25-6-1)65-46-50-71(51-47-65)89(69-30-9-3-10-31-69)73-34-22-29-68(59-73)87(81-39-17-13-35-75(81)76-36-14-18-40-82(76)87)67-28-21-23-61(57-67)43-44-62-45-55-79-80-56-54-74(90(70-32-11-4-12-33-70)72-52-48-66(49-53-72)64-26-7-2-8-27-64)60-86(80)88(85(79)58-62)83-41-19-15-37-77(83)78-38-16-20-42-84(78)88/h1-60H. The predicted molar refractivity (Wildman–Crippen MR) is 376 cm³/mol. The molecule has 3 aliphatic rings. The average molecular weight is 1150 g/mol. The molecule has 422 valence electrons. The normalized spacial score (nSPS) is 13.2. The molecule has 0 heterocycles. The van der Waals surface area contributed by atoms with Gasteiger partial charge in [-0.3, -0.25) is 0 Å². The maximum atomic E-state index is 2.49. The molecule has 0 unspecified atom stereocenters. The minimum atomic E-state index is -0.637. The van der Waals surface area contributed by atoms with Crippen molar-refractivity contribution in [1.82, 2.24) is 0 Å². The van der Waals surface area contributed by atoms with E-state index in [0.717, 1.165) is 45.3 Å². The minimum absolute atomic E-state index is 0.566. The monoisotopic (exact) mass is 1140 g/mol. The van der Waals surface area contributed by atoms with Crippen LogP contribution in [0.2, 0.25) is 0 Å². The van der Waals surface area contributed by atoms with Gasteiger partial charge in [0.25, 0.3) is 0 Å². The van der Waals surface area contributed by atoms with Gasteiger partial charge in [-0.2, -0.15) is 0 Å². The zero-order valence-electron chi connectivity index (χ0n) is 49.5. The highest BCUT2D eigenvalue weighted by molar-refractivity contribution is 5.97. The van der Waals surface area contributed by atoms with E-state index < -0.39 is 10.8 Å². The highest BCUT2D eigenvalue weighted by atomic mass is 15.1. The molecule has 0 amide bonds. The van der Waals surface area contributed by atoms with Crippen LogP contribution in [0.4, 0.5) is 34.1 Å². The summed E-state index contributed by atoms with van der Waals surface area (Å²) in [6, 6.07) is 130. The zero-order chi connectivity index (χ0) is 59.6. The lowest BCUT2D eigenvalue weighted by molar-refractivity contribution is 0.768. The Morgan fingerprint density at radius 1 is 0.189 bits per heavy atom. The molecule has 0 fully saturated rings. The van der Waals surface area contributed by atoms with Gasteiger partial charge in [0.1, 0.15) is 0 Å². The van der Waals surface area contributed by atoms with Crippen molar-refractivity contribution in [3.8, 4) is 55.6 Å². The molecule has 0 atom stereocenters. The van der Waals surface area contributed by atoms with Crippen LogP contribution in [-0.2, 0) is 10.8 Å². The zero-order valence-corrected chi connectivity index (χ0v) is 49.5. The van der Waals surface area contributed by atoms with Gasteiger partial charge in [0, 0.05) is 34.1 Å². The van der Waals surface area contributed by atoms with Crippen LogP contribution in [-0.4, -0.2) is 0 Å². The summed E-state index contributed by atoms with van der Waals surface area (Å²) in [5.74, 6) is 0. The molecule has 0 saturated heterocycles. The van der Waals surface area contributed by atoms with E-state index in [1.54, 1.807) is 0 Å². The Morgan fingerprint density at radius 2 is 0.511 bits per heavy atom. The Morgan fingerprint density at radius 3 is 1.00 bits per heavy atom. The fourth-order valence-corrected chi connectivity index (χ4v) is 15.3. The van der Waals surface area contributed by atoms with Crippen LogP contribution < -0.4 is 9.80 Å². The van der Waals surface area contributed by atoms with E-state index in [1.165, 1.54) is 100 Å². The molecule has 14 aromatic rings. The van der Waals surface area contributed by atoms with Crippen LogP contribution in [0.3, 0.4) is 0 Å². The number of para-hydroxylation sites is 2. The van der Waals surface area contributed by atoms with Crippen LogP contribution in [0.5, 0.6) is 0 Å². The Bertz CT molecular complexity index is 4960. The van der Waals surface area contributed by atoms with E-state index in [4.69, 9.17) is 0 Å². The van der Waals surface area contributed by atoms with E-state index in [9.17, 15) is 0 Å². The lowest BCUT2D eigenvalue weighted by Gasteiger charge is -2.35. The van der Waals surface area contributed by atoms with Crippen molar-refractivity contribution in [2.75, 3.05) is 9.80 Å². The first kappa shape index (κ1) is 52.7. The number of benzene rings is 14. The highest BCUT2D eigenvalue weighted by Crippen LogP contribution is 2.64. The molecule has 0 bridgehead atoms. The number of hydrogen-bond acceptors (Lipinski definition) is 2. The number of nitrogens with zero attached hydrogens (tertiary/aromatic N) is 2. The van der Waals surface area contributed by atoms with Crippen LogP contribution in [0.1, 0.15) is 55.6 Å². The van der Waals surface area contributed by atoms with Gasteiger partial charge in [0.15, 0.2) is 0 Å². The lowest BCUT2D eigenvalue weighted by Crippen LogP contribution is -2.29. The van der Waals surface area contributed by atoms with E-state index in [1.807, 2.05) is 0 Å². The Balaban J connectivity index is 0.786. The minimum Gasteiger partial charge on any atom is -0.310 e. The van der Waals surface area contributed by atoms with Crippen molar-refractivity contribution < 1.29 is 0 Å². The third-order valence-electron chi connectivity index (χ3n) is 19.1. The molecule has 1 spiro atoms. The first-order chi connectivity index (χ1) is 44.6. The van der Waals surface area contributed by atoms with Gasteiger partial charge in [-0.25, -0.2) is 0 Å². The summed E-state index contributed by atoms with van der Waals surface area (Å²) >= 11 is 0. The second kappa shape index (κ2) is 21.7. The van der Waals surface area contributed by atoms with E-state index in [0.29, 0.717) is 0 Å². The van der Waals surface area contributed by atoms with Gasteiger partial charge >= 0.3 is 0 Å². The third kappa shape index (κ3) is 8.40. The summed E-state index contributed by atoms with van der Waals surface area (Å²) in [6.45, 7) is 0. The predicted octanol–water partition coefficient (Wildman–Crippen LogP) is 22.8. The van der Waals surface area contributed by atoms with E-state index in [2.05, 4.69) is 374 Å². The van der Waals surface area contributed by atoms with Crippen LogP contribution >= 0.6 is 0 Å². The molecule has 17 rings (SSSR count). The molecule has 90 heavy (non-hydrogen) atoms. The number of fused-ring (bicyclic) bond motifs is 13. The molecule has 2 nitrogen and oxygen atoms in total. The van der Waals surface area contributed by atoms with Gasteiger partial charge in [-0.1, -0.05) is 285 Å². The maximum Gasteiger partial charge on any atom is 0.0726 e. The SMILES string of the molecule is C(=Cc1ccc2c(c1)C1(c3ccccc3-c3ccccc31)c1cc(N(c3ccccc3)c3ccc(-c4ccccc4)cc3)ccc1-2)c1cccc(C2(c3cccc(N(c4ccccc4)c4ccc(-c5ccccc5)cc4)c3)c3ccccc3-c3ccccc32)c1. The van der Waals surface area contributed by atoms with Crippen molar-refractivity contribution >= 4 is 46.3 Å². The Hall–Kier alpha value is -11.6. The summed E-state index contributed by atoms with van der Waals surface area (Å²) in [4.78, 5) is 4.81. The summed E-state index contributed by atoms with van der Waals surface area (Å²) in [5, 5.41) is 0. The molecule has 0 radical (unpaired) electrons. The van der Waals surface area contributed by atoms with Crippen molar-refractivity contribution in [1.29, 1.82) is 0 Å². The van der Waals surface area contributed by atoms with Gasteiger partial charge < -0.3 is 9.80 Å². The Kier molecular flexibility index (Phi) is 12.7. The van der Waals surface area contributed by atoms with Gasteiger partial charge in [-0.15, -0.1) is 0 Å². The first-order valence-corrected chi connectivity index (χ1v) is 31.2. The molecule has 0 N–H and O–H groups in total. The molecule has 3 aliphatic carbocycles. The summed E-state index contributed by atoms with van der Waals surface area (Å²) < 4.78 is 0. The molecule has 2 heteroatoms. The summed E-state index contributed by atoms with van der Waals surface area (Å²) in [7, 11) is 0. The van der Waals surface area contributed by atoms with Gasteiger partial charge in [-0.05, 0) is 190 Å². The second-order valence-corrected chi connectivity index (χ2v) is 23.9. The number of hydrogen-bond donors (Lipinski definition) is 0. The quantitative estimate of drug-likeness (QED) is 0.113. The molecule has 0 saturated carbocycles. The summed E-state index contributed by atoms with van der Waals surface area (Å²) in [5.41, 5.74) is 30.3. The van der Waals surface area contributed by atoms with Crippen LogP contribution in [0.15, 0.2) is 352 Å². The van der Waals surface area contributed by atoms with E-state index in [-0.39, 0.29) is 0 Å². The van der Waals surface area contributed by atoms with Crippen molar-refractivity contribution in [2.24, 2.45) is 0 Å². The summed E-state index contributed by atoms with van der Waals surface area (Å²) in [6.07, 6.45) is 4.65. The first-order valence-electron chi connectivity index (χ1n) is 31.2. The third-order valence-corrected chi connectivity index (χ3v) is 19.1. The molecular weight excluding hydrogens is 1080 g/mol. The highest BCUT2D eigenvalue weighted by Gasteiger charge is 2.52. The number of rotatable bonds is 12. The van der Waals surface area contributed by atoms with Crippen molar-refractivity contribution in [3.05, 3.63) is 407 Å². The van der Waals surface area contributed by atoms with Gasteiger partial charge in [0.05, 0.1) is 10.8 Å². The fourth-order valence-electron chi connectivity index (χ4n) is 15.3. The smallest absolute Gasteiger partial charge is 0.0726 e. The average Bonchev–Trinajstić information content (AvgIpc) is 1.52. The second-order valence-electron chi connectivity index (χ2n) is 23.9. The molecule has 14 aromatic carbocycles. The lowest BCUT2D eigenvalue weighted by atomic mass is 9.67. The molecule has 0 aliphatic heterocycles. The van der Waals surface area contributed by atoms with Gasteiger partial charge in [0.2, 0.25) is 0 Å². The van der Waals surface area contributed by atoms with Crippen molar-refractivity contribution in [2.45, 2.75) is 10.8 Å². The Labute approximate surface area is 526 Å². The fraction of sp³-hybridized carbons (Fsp3) is 0.0227. The van der Waals surface area contributed by atoms with Crippen LogP contribution in [0, 0.1) is 0 Å². The van der Waals surface area contributed by atoms with E-state index >= 15 is 0 Å². The maximum absolute atomic E-state index is 2.49. The number of anilines is 6. The van der Waals surface area contributed by atoms with Crippen molar-refractivity contribution in [3.63, 3.8) is 0 Å².